The Morgan fingerprint density at radius 3 is 2.29 bits per heavy atom. The van der Waals surface area contributed by atoms with Gasteiger partial charge in [-0.25, -0.2) is 4.79 Å². The van der Waals surface area contributed by atoms with Crippen LogP contribution in [0.15, 0.2) is 0 Å². The Hall–Kier alpha value is -1.10. The van der Waals surface area contributed by atoms with Crippen LogP contribution in [0.5, 0.6) is 0 Å². The van der Waals surface area contributed by atoms with Crippen LogP contribution in [0.25, 0.3) is 0 Å². The van der Waals surface area contributed by atoms with Crippen LogP contribution in [-0.2, 0) is 9.53 Å². The maximum Gasteiger partial charge on any atom is 0.414 e. The summed E-state index contributed by atoms with van der Waals surface area (Å²) in [7, 11) is 0. The molecule has 0 radical (unpaired) electrons. The standard InChI is InChI=1S/C9H18N2O3/c1-6(5-10)7(12)11-8(13)14-9(2,3)4/h6H,5,10H2,1-4H3,(H,11,12,13)/t6-/m1/s1. The van der Waals surface area contributed by atoms with Crippen LogP contribution in [0.2, 0.25) is 0 Å². The molecule has 0 aromatic heterocycles. The van der Waals surface area contributed by atoms with E-state index in [0.717, 1.165) is 0 Å². The monoisotopic (exact) mass is 202 g/mol. The summed E-state index contributed by atoms with van der Waals surface area (Å²) in [5, 5.41) is 2.11. The van der Waals surface area contributed by atoms with E-state index in [4.69, 9.17) is 10.5 Å². The van der Waals surface area contributed by atoms with E-state index in [2.05, 4.69) is 5.32 Å². The second-order valence-corrected chi connectivity index (χ2v) is 4.13. The smallest absolute Gasteiger partial charge is 0.414 e. The number of rotatable bonds is 2. The molecule has 0 aliphatic heterocycles. The summed E-state index contributed by atoms with van der Waals surface area (Å²) in [4.78, 5) is 22.3. The van der Waals surface area contributed by atoms with Crippen molar-refractivity contribution in [2.75, 3.05) is 6.54 Å². The molecule has 0 spiro atoms. The lowest BCUT2D eigenvalue weighted by Crippen LogP contribution is -2.40. The second-order valence-electron chi connectivity index (χ2n) is 4.13. The third-order valence-corrected chi connectivity index (χ3v) is 1.43. The van der Waals surface area contributed by atoms with Crippen molar-refractivity contribution in [3.05, 3.63) is 0 Å². The van der Waals surface area contributed by atoms with Gasteiger partial charge in [0.05, 0.1) is 0 Å². The van der Waals surface area contributed by atoms with Gasteiger partial charge in [0.25, 0.3) is 0 Å². The molecule has 0 aromatic carbocycles. The van der Waals surface area contributed by atoms with Gasteiger partial charge >= 0.3 is 6.09 Å². The van der Waals surface area contributed by atoms with E-state index in [1.165, 1.54) is 0 Å². The molecule has 0 rings (SSSR count). The Morgan fingerprint density at radius 2 is 1.93 bits per heavy atom. The molecular formula is C9H18N2O3. The van der Waals surface area contributed by atoms with Gasteiger partial charge in [0.2, 0.25) is 5.91 Å². The van der Waals surface area contributed by atoms with Crippen molar-refractivity contribution in [3.63, 3.8) is 0 Å². The van der Waals surface area contributed by atoms with Gasteiger partial charge in [-0.15, -0.1) is 0 Å². The molecule has 82 valence electrons. The van der Waals surface area contributed by atoms with Crippen LogP contribution in [0.1, 0.15) is 27.7 Å². The molecule has 0 heterocycles. The molecule has 0 bridgehead atoms. The van der Waals surface area contributed by atoms with E-state index in [9.17, 15) is 9.59 Å². The summed E-state index contributed by atoms with van der Waals surface area (Å²) in [5.74, 6) is -0.802. The van der Waals surface area contributed by atoms with E-state index in [1.54, 1.807) is 27.7 Å². The number of hydrogen-bond donors (Lipinski definition) is 2. The van der Waals surface area contributed by atoms with Gasteiger partial charge in [-0.3, -0.25) is 10.1 Å². The number of amides is 2. The minimum absolute atomic E-state index is 0.203. The molecule has 0 fully saturated rings. The first-order chi connectivity index (χ1) is 6.26. The number of carbonyl (C=O) groups is 2. The van der Waals surface area contributed by atoms with E-state index < -0.39 is 17.6 Å². The van der Waals surface area contributed by atoms with Crippen LogP contribution in [0.3, 0.4) is 0 Å². The van der Waals surface area contributed by atoms with Crippen molar-refractivity contribution in [1.82, 2.24) is 5.32 Å². The van der Waals surface area contributed by atoms with E-state index in [-0.39, 0.29) is 12.5 Å². The Balaban J connectivity index is 4.02. The Kier molecular flexibility index (Phi) is 4.56. The molecule has 1 atom stereocenters. The average molecular weight is 202 g/mol. The van der Waals surface area contributed by atoms with Crippen molar-refractivity contribution in [1.29, 1.82) is 0 Å². The van der Waals surface area contributed by atoms with Crippen molar-refractivity contribution >= 4 is 12.0 Å². The van der Waals surface area contributed by atoms with Gasteiger partial charge in [-0.1, -0.05) is 6.92 Å². The molecule has 0 saturated heterocycles. The highest BCUT2D eigenvalue weighted by Gasteiger charge is 2.20. The average Bonchev–Trinajstić information content (AvgIpc) is 1.99. The summed E-state index contributed by atoms with van der Waals surface area (Å²) in [6.45, 7) is 7.02. The Bertz CT molecular complexity index is 221. The quantitative estimate of drug-likeness (QED) is 0.688. The highest BCUT2D eigenvalue weighted by molar-refractivity contribution is 5.93. The maximum atomic E-state index is 11.2. The van der Waals surface area contributed by atoms with Gasteiger partial charge < -0.3 is 10.5 Å². The predicted molar refractivity (Wildman–Crippen MR) is 52.6 cm³/mol. The molecule has 0 aromatic rings. The molecule has 2 amide bonds. The zero-order chi connectivity index (χ0) is 11.4. The highest BCUT2D eigenvalue weighted by Crippen LogP contribution is 2.06. The van der Waals surface area contributed by atoms with Crippen molar-refractivity contribution in [3.8, 4) is 0 Å². The van der Waals surface area contributed by atoms with Crippen LogP contribution < -0.4 is 11.1 Å². The molecule has 5 heteroatoms. The topological polar surface area (TPSA) is 81.4 Å². The summed E-state index contributed by atoms with van der Waals surface area (Å²) in [6.07, 6.45) is -0.734. The number of imide groups is 1. The van der Waals surface area contributed by atoms with Crippen molar-refractivity contribution < 1.29 is 14.3 Å². The minimum atomic E-state index is -0.734. The van der Waals surface area contributed by atoms with Gasteiger partial charge in [-0.2, -0.15) is 0 Å². The van der Waals surface area contributed by atoms with E-state index in [0.29, 0.717) is 0 Å². The third-order valence-electron chi connectivity index (χ3n) is 1.43. The predicted octanol–water partition coefficient (Wildman–Crippen LogP) is 0.633. The fourth-order valence-corrected chi connectivity index (χ4v) is 0.634. The molecule has 3 N–H and O–H groups in total. The number of ether oxygens (including phenoxy) is 1. The second kappa shape index (κ2) is 4.95. The van der Waals surface area contributed by atoms with Gasteiger partial charge in [0.1, 0.15) is 5.60 Å². The Morgan fingerprint density at radius 1 is 1.43 bits per heavy atom. The normalized spacial score (nSPS) is 13.2. The van der Waals surface area contributed by atoms with Crippen LogP contribution in [-0.4, -0.2) is 24.1 Å². The lowest BCUT2D eigenvalue weighted by molar-refractivity contribution is -0.123. The molecule has 0 unspecified atom stereocenters. The largest absolute Gasteiger partial charge is 0.444 e. The number of nitrogens with two attached hydrogens (primary N) is 1. The van der Waals surface area contributed by atoms with Crippen LogP contribution >= 0.6 is 0 Å². The number of alkyl carbamates (subject to hydrolysis) is 1. The summed E-state index contributed by atoms with van der Waals surface area (Å²) in [5.41, 5.74) is 4.66. The zero-order valence-corrected chi connectivity index (χ0v) is 9.09. The van der Waals surface area contributed by atoms with E-state index >= 15 is 0 Å². The summed E-state index contributed by atoms with van der Waals surface area (Å²) >= 11 is 0. The van der Waals surface area contributed by atoms with Crippen molar-refractivity contribution in [2.45, 2.75) is 33.3 Å². The molecular weight excluding hydrogens is 184 g/mol. The molecule has 5 nitrogen and oxygen atoms in total. The summed E-state index contributed by atoms with van der Waals surface area (Å²) in [6, 6.07) is 0. The van der Waals surface area contributed by atoms with Crippen LogP contribution in [0.4, 0.5) is 4.79 Å². The molecule has 14 heavy (non-hydrogen) atoms. The highest BCUT2D eigenvalue weighted by atomic mass is 16.6. The van der Waals surface area contributed by atoms with Crippen molar-refractivity contribution in [2.24, 2.45) is 11.7 Å². The molecule has 0 saturated carbocycles. The SMILES string of the molecule is C[C@H](CN)C(=O)NC(=O)OC(C)(C)C. The van der Waals surface area contributed by atoms with Gasteiger partial charge in [-0.05, 0) is 20.8 Å². The first-order valence-electron chi connectivity index (χ1n) is 4.50. The lowest BCUT2D eigenvalue weighted by atomic mass is 10.2. The van der Waals surface area contributed by atoms with E-state index in [1.807, 2.05) is 0 Å². The first kappa shape index (κ1) is 12.9. The van der Waals surface area contributed by atoms with Crippen LogP contribution in [0, 0.1) is 5.92 Å². The fraction of sp³-hybridized carbons (Fsp3) is 0.778. The molecule has 0 aliphatic carbocycles. The molecule has 0 aliphatic rings. The zero-order valence-electron chi connectivity index (χ0n) is 9.09. The number of hydrogen-bond acceptors (Lipinski definition) is 4. The lowest BCUT2D eigenvalue weighted by Gasteiger charge is -2.19. The summed E-state index contributed by atoms with van der Waals surface area (Å²) < 4.78 is 4.89. The first-order valence-corrected chi connectivity index (χ1v) is 4.50. The maximum absolute atomic E-state index is 11.2. The fourth-order valence-electron chi connectivity index (χ4n) is 0.634. The Labute approximate surface area is 84.0 Å². The minimum Gasteiger partial charge on any atom is -0.444 e. The van der Waals surface area contributed by atoms with Gasteiger partial charge in [0.15, 0.2) is 0 Å². The number of carbonyl (C=O) groups excluding carboxylic acids is 2. The number of nitrogens with one attached hydrogen (secondary N) is 1. The van der Waals surface area contributed by atoms with Gasteiger partial charge in [0, 0.05) is 12.5 Å². The third kappa shape index (κ3) is 5.53.